The lowest BCUT2D eigenvalue weighted by Crippen LogP contribution is -2.29. The van der Waals surface area contributed by atoms with Crippen LogP contribution < -0.4 is 10.1 Å². The third-order valence-electron chi connectivity index (χ3n) is 3.04. The number of carbonyl (C=O) groups excluding carboxylic acids is 1. The Morgan fingerprint density at radius 3 is 2.64 bits per heavy atom. The number of ether oxygens (including phenoxy) is 1. The molecule has 0 bridgehead atoms. The molecule has 2 rings (SSSR count). The van der Waals surface area contributed by atoms with Gasteiger partial charge in [0.25, 0.3) is 0 Å². The Labute approximate surface area is 129 Å². The van der Waals surface area contributed by atoms with Gasteiger partial charge in [-0.05, 0) is 37.6 Å². The summed E-state index contributed by atoms with van der Waals surface area (Å²) in [6, 6.07) is 8.95. The maximum atomic E-state index is 11.7. The van der Waals surface area contributed by atoms with Crippen molar-refractivity contribution in [3.05, 3.63) is 47.8 Å². The van der Waals surface area contributed by atoms with E-state index in [-0.39, 0.29) is 25.0 Å². The van der Waals surface area contributed by atoms with Crippen LogP contribution in [0.1, 0.15) is 31.2 Å². The van der Waals surface area contributed by atoms with E-state index in [0.717, 1.165) is 17.0 Å². The Hall–Kier alpha value is -2.34. The van der Waals surface area contributed by atoms with E-state index in [1.807, 2.05) is 26.0 Å². The number of hydrogen-bond acceptors (Lipinski definition) is 4. The summed E-state index contributed by atoms with van der Waals surface area (Å²) >= 11 is 0. The second-order valence-electron chi connectivity index (χ2n) is 5.31. The Kier molecular flexibility index (Phi) is 5.55. The minimum Gasteiger partial charge on any atom is -0.491 e. The second-order valence-corrected chi connectivity index (χ2v) is 5.31. The van der Waals surface area contributed by atoms with E-state index in [1.54, 1.807) is 24.4 Å². The molecule has 22 heavy (non-hydrogen) atoms. The first-order valence-corrected chi connectivity index (χ1v) is 7.24. The van der Waals surface area contributed by atoms with Gasteiger partial charge in [-0.2, -0.15) is 5.10 Å². The van der Waals surface area contributed by atoms with Crippen LogP contribution in [0, 0.1) is 0 Å². The third-order valence-corrected chi connectivity index (χ3v) is 3.04. The molecule has 0 radical (unpaired) electrons. The number of nitrogens with one attached hydrogen (secondary N) is 2. The Morgan fingerprint density at radius 2 is 2.05 bits per heavy atom. The van der Waals surface area contributed by atoms with Crippen molar-refractivity contribution in [2.45, 2.75) is 32.5 Å². The minimum absolute atomic E-state index is 0.109. The Bertz CT molecular complexity index is 579. The molecule has 0 aliphatic rings. The van der Waals surface area contributed by atoms with Crippen LogP contribution in [0.25, 0.3) is 0 Å². The van der Waals surface area contributed by atoms with Gasteiger partial charge in [0.2, 0.25) is 5.91 Å². The standard InChI is InChI=1S/C16H21N3O3/c1-11(2)22-14-5-3-12(4-6-14)15(20)10-17-16(21)9-13-7-8-18-19-13/h3-8,11,15,20H,9-10H2,1-2H3,(H,17,21)(H,18,19). The van der Waals surface area contributed by atoms with Crippen molar-refractivity contribution < 1.29 is 14.6 Å². The molecular formula is C16H21N3O3. The number of H-pyrrole nitrogens is 1. The smallest absolute Gasteiger partial charge is 0.226 e. The van der Waals surface area contributed by atoms with Crippen LogP contribution in [0.3, 0.4) is 0 Å². The molecule has 0 spiro atoms. The van der Waals surface area contributed by atoms with Crippen molar-refractivity contribution >= 4 is 5.91 Å². The second kappa shape index (κ2) is 7.61. The lowest BCUT2D eigenvalue weighted by Gasteiger charge is -2.14. The number of aromatic amines is 1. The molecule has 3 N–H and O–H groups in total. The number of rotatable bonds is 7. The monoisotopic (exact) mass is 303 g/mol. The van der Waals surface area contributed by atoms with E-state index in [4.69, 9.17) is 4.74 Å². The topological polar surface area (TPSA) is 87.2 Å². The number of amides is 1. The summed E-state index contributed by atoms with van der Waals surface area (Å²) in [4.78, 5) is 11.7. The fraction of sp³-hybridized carbons (Fsp3) is 0.375. The van der Waals surface area contributed by atoms with Gasteiger partial charge in [-0.15, -0.1) is 0 Å². The van der Waals surface area contributed by atoms with Gasteiger partial charge in [-0.3, -0.25) is 9.89 Å². The molecule has 1 atom stereocenters. The molecular weight excluding hydrogens is 282 g/mol. The molecule has 6 nitrogen and oxygen atoms in total. The van der Waals surface area contributed by atoms with Crippen LogP contribution in [0.2, 0.25) is 0 Å². The van der Waals surface area contributed by atoms with Crippen molar-refractivity contribution in [2.24, 2.45) is 0 Å². The molecule has 1 amide bonds. The Morgan fingerprint density at radius 1 is 1.32 bits per heavy atom. The van der Waals surface area contributed by atoms with Gasteiger partial charge < -0.3 is 15.2 Å². The molecule has 118 valence electrons. The van der Waals surface area contributed by atoms with Crippen LogP contribution in [0.4, 0.5) is 0 Å². The van der Waals surface area contributed by atoms with Gasteiger partial charge in [0.05, 0.1) is 18.6 Å². The van der Waals surface area contributed by atoms with Gasteiger partial charge in [0.1, 0.15) is 5.75 Å². The summed E-state index contributed by atoms with van der Waals surface area (Å²) in [6.45, 7) is 4.08. The highest BCUT2D eigenvalue weighted by molar-refractivity contribution is 5.78. The molecule has 1 aromatic heterocycles. The first-order valence-electron chi connectivity index (χ1n) is 7.24. The van der Waals surface area contributed by atoms with Gasteiger partial charge in [0, 0.05) is 18.4 Å². The highest BCUT2D eigenvalue weighted by atomic mass is 16.5. The lowest BCUT2D eigenvalue weighted by atomic mass is 10.1. The highest BCUT2D eigenvalue weighted by Crippen LogP contribution is 2.18. The number of benzene rings is 1. The number of hydrogen-bond donors (Lipinski definition) is 3. The number of aliphatic hydroxyl groups is 1. The zero-order valence-corrected chi connectivity index (χ0v) is 12.7. The summed E-state index contributed by atoms with van der Waals surface area (Å²) < 4.78 is 5.55. The largest absolute Gasteiger partial charge is 0.491 e. The van der Waals surface area contributed by atoms with Gasteiger partial charge in [-0.1, -0.05) is 12.1 Å². The van der Waals surface area contributed by atoms with E-state index >= 15 is 0 Å². The van der Waals surface area contributed by atoms with Gasteiger partial charge in [-0.25, -0.2) is 0 Å². The van der Waals surface area contributed by atoms with E-state index < -0.39 is 6.10 Å². The van der Waals surface area contributed by atoms with Crippen LogP contribution in [-0.2, 0) is 11.2 Å². The average molecular weight is 303 g/mol. The van der Waals surface area contributed by atoms with Crippen LogP contribution in [0.15, 0.2) is 36.5 Å². The number of nitrogens with zero attached hydrogens (tertiary/aromatic N) is 1. The summed E-state index contributed by atoms with van der Waals surface area (Å²) in [7, 11) is 0. The first kappa shape index (κ1) is 16.0. The van der Waals surface area contributed by atoms with Crippen LogP contribution in [-0.4, -0.2) is 33.9 Å². The van der Waals surface area contributed by atoms with Crippen molar-refractivity contribution in [3.8, 4) is 5.75 Å². The maximum Gasteiger partial charge on any atom is 0.226 e. The van der Waals surface area contributed by atoms with Gasteiger partial charge >= 0.3 is 0 Å². The third kappa shape index (κ3) is 4.89. The maximum absolute atomic E-state index is 11.7. The van der Waals surface area contributed by atoms with Crippen molar-refractivity contribution in [1.29, 1.82) is 0 Å². The van der Waals surface area contributed by atoms with E-state index in [2.05, 4.69) is 15.5 Å². The number of aromatic nitrogens is 2. The molecule has 1 heterocycles. The highest BCUT2D eigenvalue weighted by Gasteiger charge is 2.11. The normalized spacial score (nSPS) is 12.2. The van der Waals surface area contributed by atoms with Crippen LogP contribution >= 0.6 is 0 Å². The molecule has 2 aromatic rings. The molecule has 1 unspecified atom stereocenters. The van der Waals surface area contributed by atoms with E-state index in [9.17, 15) is 9.90 Å². The molecule has 0 fully saturated rings. The fourth-order valence-electron chi connectivity index (χ4n) is 1.99. The van der Waals surface area contributed by atoms with Crippen molar-refractivity contribution in [1.82, 2.24) is 15.5 Å². The van der Waals surface area contributed by atoms with Crippen molar-refractivity contribution in [3.63, 3.8) is 0 Å². The molecule has 6 heteroatoms. The quantitative estimate of drug-likeness (QED) is 0.725. The average Bonchev–Trinajstić information content (AvgIpc) is 2.98. The van der Waals surface area contributed by atoms with Gasteiger partial charge in [0.15, 0.2) is 0 Å². The molecule has 0 aliphatic carbocycles. The summed E-state index contributed by atoms with van der Waals surface area (Å²) in [5, 5.41) is 19.3. The summed E-state index contributed by atoms with van der Waals surface area (Å²) in [5.41, 5.74) is 1.47. The molecule has 0 saturated carbocycles. The van der Waals surface area contributed by atoms with E-state index in [0.29, 0.717) is 0 Å². The van der Waals surface area contributed by atoms with E-state index in [1.165, 1.54) is 0 Å². The Balaban J connectivity index is 1.81. The zero-order chi connectivity index (χ0) is 15.9. The number of aliphatic hydroxyl groups excluding tert-OH is 1. The summed E-state index contributed by atoms with van der Waals surface area (Å²) in [6.07, 6.45) is 1.17. The molecule has 0 saturated heterocycles. The predicted molar refractivity (Wildman–Crippen MR) is 82.5 cm³/mol. The lowest BCUT2D eigenvalue weighted by molar-refractivity contribution is -0.120. The molecule has 1 aromatic carbocycles. The predicted octanol–water partition coefficient (Wildman–Crippen LogP) is 1.59. The first-order chi connectivity index (χ1) is 10.5. The van der Waals surface area contributed by atoms with Crippen molar-refractivity contribution in [2.75, 3.05) is 6.54 Å². The number of carbonyl (C=O) groups is 1. The minimum atomic E-state index is -0.751. The zero-order valence-electron chi connectivity index (χ0n) is 12.7. The van der Waals surface area contributed by atoms with Crippen LogP contribution in [0.5, 0.6) is 5.75 Å². The SMILES string of the molecule is CC(C)Oc1ccc(C(O)CNC(=O)Cc2ccn[nH]2)cc1. The fourth-order valence-corrected chi connectivity index (χ4v) is 1.99. The molecule has 0 aliphatic heterocycles. The summed E-state index contributed by atoms with van der Waals surface area (Å²) in [5.74, 6) is 0.595.